The highest BCUT2D eigenvalue weighted by Crippen LogP contribution is 2.22. The summed E-state index contributed by atoms with van der Waals surface area (Å²) < 4.78 is 35.2. The average molecular weight is 432 g/mol. The number of anilines is 1. The summed E-state index contributed by atoms with van der Waals surface area (Å²) in [5.41, 5.74) is -0.403. The number of hydrogen-bond acceptors (Lipinski definition) is 5. The zero-order valence-electron chi connectivity index (χ0n) is 14.7. The summed E-state index contributed by atoms with van der Waals surface area (Å²) in [4.78, 5) is 17.5. The first kappa shape index (κ1) is 18.8. The molecule has 0 spiro atoms. The van der Waals surface area contributed by atoms with E-state index in [1.54, 1.807) is 20.8 Å². The normalized spacial score (nSPS) is 21.1. The molecule has 0 aromatic carbocycles. The fraction of sp³-hybridized carbons (Fsp3) is 0.562. The van der Waals surface area contributed by atoms with Gasteiger partial charge in [0, 0.05) is 12.6 Å². The number of halogens is 3. The van der Waals surface area contributed by atoms with Gasteiger partial charge in [-0.2, -0.15) is 0 Å². The SMILES string of the molecule is CC(C)(C)OC(=O)N1CC[C@@H](Nc2ncc3c(F)cc(Br)n3n2)[C@H](F)C1. The van der Waals surface area contributed by atoms with Gasteiger partial charge in [-0.05, 0) is 43.1 Å². The number of fused-ring (bicyclic) bond motifs is 1. The lowest BCUT2D eigenvalue weighted by atomic mass is 10.0. The van der Waals surface area contributed by atoms with Gasteiger partial charge in [0.25, 0.3) is 0 Å². The van der Waals surface area contributed by atoms with Gasteiger partial charge in [0.05, 0.1) is 18.8 Å². The summed E-state index contributed by atoms with van der Waals surface area (Å²) in [6.07, 6.45) is -0.120. The molecule has 26 heavy (non-hydrogen) atoms. The molecule has 10 heteroatoms. The number of hydrogen-bond donors (Lipinski definition) is 1. The third-order valence-corrected chi connectivity index (χ3v) is 4.50. The van der Waals surface area contributed by atoms with Crippen molar-refractivity contribution >= 4 is 33.5 Å². The van der Waals surface area contributed by atoms with E-state index in [-0.39, 0.29) is 18.0 Å². The first-order chi connectivity index (χ1) is 12.1. The Hall–Kier alpha value is -1.97. The lowest BCUT2D eigenvalue weighted by Crippen LogP contribution is -2.51. The molecule has 3 heterocycles. The van der Waals surface area contributed by atoms with Crippen molar-refractivity contribution in [3.8, 4) is 0 Å². The van der Waals surface area contributed by atoms with Crippen LogP contribution in [0.25, 0.3) is 5.52 Å². The number of nitrogens with one attached hydrogen (secondary N) is 1. The number of rotatable bonds is 2. The van der Waals surface area contributed by atoms with Gasteiger partial charge in [-0.15, -0.1) is 5.10 Å². The van der Waals surface area contributed by atoms with E-state index in [0.29, 0.717) is 17.6 Å². The van der Waals surface area contributed by atoms with Crippen molar-refractivity contribution in [3.63, 3.8) is 0 Å². The van der Waals surface area contributed by atoms with Crippen LogP contribution in [-0.4, -0.2) is 56.5 Å². The molecule has 0 radical (unpaired) electrons. The molecule has 1 N–H and O–H groups in total. The number of ether oxygens (including phenoxy) is 1. The van der Waals surface area contributed by atoms with Crippen LogP contribution in [0.5, 0.6) is 0 Å². The van der Waals surface area contributed by atoms with E-state index < -0.39 is 29.7 Å². The molecule has 1 fully saturated rings. The van der Waals surface area contributed by atoms with Crippen molar-refractivity contribution < 1.29 is 18.3 Å². The molecule has 1 aliphatic rings. The summed E-state index contributed by atoms with van der Waals surface area (Å²) in [5.74, 6) is -0.260. The fourth-order valence-electron chi connectivity index (χ4n) is 2.71. The van der Waals surface area contributed by atoms with E-state index in [1.807, 2.05) is 0 Å². The molecule has 2 aromatic heterocycles. The zero-order chi connectivity index (χ0) is 19.1. The molecule has 3 rings (SSSR count). The van der Waals surface area contributed by atoms with Gasteiger partial charge < -0.3 is 15.0 Å². The second-order valence-electron chi connectivity index (χ2n) is 7.18. The first-order valence-electron chi connectivity index (χ1n) is 8.22. The monoisotopic (exact) mass is 431 g/mol. The van der Waals surface area contributed by atoms with Gasteiger partial charge in [-0.1, -0.05) is 0 Å². The van der Waals surface area contributed by atoms with Crippen LogP contribution in [-0.2, 0) is 4.74 Å². The largest absolute Gasteiger partial charge is 0.444 e. The van der Waals surface area contributed by atoms with Crippen LogP contribution in [0.4, 0.5) is 19.5 Å². The fourth-order valence-corrected chi connectivity index (χ4v) is 3.18. The van der Waals surface area contributed by atoms with Crippen LogP contribution in [0, 0.1) is 5.82 Å². The minimum Gasteiger partial charge on any atom is -0.444 e. The first-order valence-corrected chi connectivity index (χ1v) is 9.01. The molecular weight excluding hydrogens is 412 g/mol. The molecule has 1 aliphatic heterocycles. The number of likely N-dealkylation sites (tertiary alicyclic amines) is 1. The van der Waals surface area contributed by atoms with Gasteiger partial charge in [0.2, 0.25) is 5.95 Å². The summed E-state index contributed by atoms with van der Waals surface area (Å²) in [7, 11) is 0. The molecular formula is C16H20BrF2N5O2. The second kappa shape index (κ2) is 6.98. The van der Waals surface area contributed by atoms with Crippen molar-refractivity contribution in [3.05, 3.63) is 22.7 Å². The maximum absolute atomic E-state index is 14.5. The molecule has 1 saturated heterocycles. The minimum absolute atomic E-state index is 0.0728. The Kier molecular flexibility index (Phi) is 5.05. The third-order valence-electron chi connectivity index (χ3n) is 3.93. The van der Waals surface area contributed by atoms with Gasteiger partial charge >= 0.3 is 6.09 Å². The molecule has 0 saturated carbocycles. The molecule has 0 bridgehead atoms. The highest BCUT2D eigenvalue weighted by Gasteiger charge is 2.34. The predicted molar refractivity (Wildman–Crippen MR) is 95.4 cm³/mol. The Bertz CT molecular complexity index is 823. The Balaban J connectivity index is 1.65. The smallest absolute Gasteiger partial charge is 0.410 e. The summed E-state index contributed by atoms with van der Waals surface area (Å²) in [5, 5.41) is 7.09. The third kappa shape index (κ3) is 4.05. The number of amides is 1. The Morgan fingerprint density at radius 1 is 1.46 bits per heavy atom. The molecule has 0 unspecified atom stereocenters. The quantitative estimate of drug-likeness (QED) is 0.788. The highest BCUT2D eigenvalue weighted by atomic mass is 79.9. The predicted octanol–water partition coefficient (Wildman–Crippen LogP) is 3.39. The van der Waals surface area contributed by atoms with Gasteiger partial charge in [0.1, 0.15) is 21.9 Å². The maximum atomic E-state index is 14.5. The van der Waals surface area contributed by atoms with Gasteiger partial charge in [-0.25, -0.2) is 23.1 Å². The summed E-state index contributed by atoms with van der Waals surface area (Å²) in [6.45, 7) is 5.58. The van der Waals surface area contributed by atoms with Crippen molar-refractivity contribution in [2.24, 2.45) is 0 Å². The number of nitrogens with zero attached hydrogens (tertiary/aromatic N) is 4. The van der Waals surface area contributed by atoms with E-state index in [1.165, 1.54) is 21.7 Å². The number of alkyl halides is 1. The van der Waals surface area contributed by atoms with Crippen molar-refractivity contribution in [1.29, 1.82) is 0 Å². The minimum atomic E-state index is -1.31. The number of aromatic nitrogens is 3. The molecule has 142 valence electrons. The number of carbonyl (C=O) groups is 1. The molecule has 2 atom stereocenters. The summed E-state index contributed by atoms with van der Waals surface area (Å²) >= 11 is 3.21. The van der Waals surface area contributed by atoms with Crippen molar-refractivity contribution in [2.75, 3.05) is 18.4 Å². The number of piperidine rings is 1. The van der Waals surface area contributed by atoms with Crippen LogP contribution in [0.15, 0.2) is 16.9 Å². The van der Waals surface area contributed by atoms with Gasteiger partial charge in [0.15, 0.2) is 5.82 Å². The van der Waals surface area contributed by atoms with Crippen LogP contribution >= 0.6 is 15.9 Å². The Morgan fingerprint density at radius 2 is 2.19 bits per heavy atom. The topological polar surface area (TPSA) is 71.8 Å². The Labute approximate surface area is 157 Å². The van der Waals surface area contributed by atoms with Crippen LogP contribution < -0.4 is 5.32 Å². The highest BCUT2D eigenvalue weighted by molar-refractivity contribution is 9.10. The van der Waals surface area contributed by atoms with E-state index in [2.05, 4.69) is 31.3 Å². The molecule has 2 aromatic rings. The molecule has 0 aliphatic carbocycles. The standard InChI is InChI=1S/C16H20BrF2N5O2/c1-16(2,3)26-15(25)23-5-4-11(10(19)8-23)21-14-20-7-12-9(18)6-13(17)24(12)22-14/h6-7,10-11H,4-5,8H2,1-3H3,(H,21,22)/t10-,11-/m1/s1. The van der Waals surface area contributed by atoms with E-state index in [0.717, 1.165) is 0 Å². The maximum Gasteiger partial charge on any atom is 0.410 e. The average Bonchev–Trinajstić information content (AvgIpc) is 2.82. The van der Waals surface area contributed by atoms with Crippen molar-refractivity contribution in [2.45, 2.75) is 45.0 Å². The second-order valence-corrected chi connectivity index (χ2v) is 7.99. The molecule has 1 amide bonds. The number of carbonyl (C=O) groups excluding carboxylic acids is 1. The lowest BCUT2D eigenvalue weighted by Gasteiger charge is -2.35. The Morgan fingerprint density at radius 3 is 2.85 bits per heavy atom. The zero-order valence-corrected chi connectivity index (χ0v) is 16.3. The van der Waals surface area contributed by atoms with Crippen LogP contribution in [0.1, 0.15) is 27.2 Å². The van der Waals surface area contributed by atoms with Gasteiger partial charge in [-0.3, -0.25) is 0 Å². The molecule has 7 nitrogen and oxygen atoms in total. The van der Waals surface area contributed by atoms with E-state index in [4.69, 9.17) is 4.74 Å². The van der Waals surface area contributed by atoms with E-state index in [9.17, 15) is 13.6 Å². The summed E-state index contributed by atoms with van der Waals surface area (Å²) in [6, 6.07) is 0.732. The van der Waals surface area contributed by atoms with Crippen LogP contribution in [0.3, 0.4) is 0 Å². The van der Waals surface area contributed by atoms with Crippen LogP contribution in [0.2, 0.25) is 0 Å². The lowest BCUT2D eigenvalue weighted by molar-refractivity contribution is 0.0125. The van der Waals surface area contributed by atoms with E-state index >= 15 is 0 Å². The van der Waals surface area contributed by atoms with Crippen molar-refractivity contribution in [1.82, 2.24) is 19.5 Å².